The van der Waals surface area contributed by atoms with Crippen LogP contribution >= 0.6 is 11.6 Å². The van der Waals surface area contributed by atoms with Gasteiger partial charge in [0, 0.05) is 16.7 Å². The van der Waals surface area contributed by atoms with Gasteiger partial charge in [-0.3, -0.25) is 5.10 Å². The monoisotopic (exact) mass is 478 g/mol. The normalized spacial score (nSPS) is 12.5. The fraction of sp³-hybridized carbons (Fsp3) is 0.111. The van der Waals surface area contributed by atoms with E-state index in [2.05, 4.69) is 10.2 Å². The van der Waals surface area contributed by atoms with Crippen molar-refractivity contribution in [1.29, 1.82) is 0 Å². The van der Waals surface area contributed by atoms with Crippen LogP contribution in [-0.4, -0.2) is 21.3 Å². The van der Waals surface area contributed by atoms with Gasteiger partial charge in [-0.2, -0.15) is 9.49 Å². The van der Waals surface area contributed by atoms with Crippen molar-refractivity contribution in [2.24, 2.45) is 5.92 Å². The summed E-state index contributed by atoms with van der Waals surface area (Å²) >= 11 is 6.00. The van der Waals surface area contributed by atoms with Crippen LogP contribution in [0.3, 0.4) is 0 Å². The second kappa shape index (κ2) is 9.61. The zero-order valence-corrected chi connectivity index (χ0v) is 19.2. The first kappa shape index (κ1) is 23.4. The summed E-state index contributed by atoms with van der Waals surface area (Å²) in [5.41, 5.74) is 4.51. The molecule has 7 heteroatoms. The molecular weight excluding hydrogens is 458 g/mol. The highest BCUT2D eigenvalue weighted by atomic mass is 35.5. The predicted molar refractivity (Wildman–Crippen MR) is 131 cm³/mol. The molecule has 2 N–H and O–H groups in total. The van der Waals surface area contributed by atoms with E-state index in [1.54, 1.807) is 36.4 Å². The summed E-state index contributed by atoms with van der Waals surface area (Å²) in [4.78, 5) is 10.8. The Bertz CT molecular complexity index is 1440. The number of benzene rings is 3. The number of aliphatic carboxylic acids is 1. The smallest absolute Gasteiger partial charge is 0.328 e. The van der Waals surface area contributed by atoms with Crippen molar-refractivity contribution in [3.8, 4) is 0 Å². The first-order chi connectivity index (χ1) is 16.2. The van der Waals surface area contributed by atoms with E-state index in [1.165, 1.54) is 12.1 Å². The van der Waals surface area contributed by atoms with Crippen molar-refractivity contribution in [2.75, 3.05) is 0 Å². The molecule has 0 fully saturated rings. The molecule has 0 spiro atoms. The minimum atomic E-state index is -1.04. The van der Waals surface area contributed by atoms with Crippen LogP contribution in [0.15, 0.2) is 66.7 Å². The maximum atomic E-state index is 15.1. The molecule has 34 heavy (non-hydrogen) atoms. The number of aromatic amines is 1. The minimum Gasteiger partial charge on any atom is -0.478 e. The molecule has 4 aromatic rings. The van der Waals surface area contributed by atoms with Crippen LogP contribution in [0.4, 0.5) is 8.78 Å². The molecule has 0 atom stereocenters. The van der Waals surface area contributed by atoms with E-state index < -0.39 is 17.7 Å². The molecule has 4 rings (SSSR count). The Labute approximate surface area is 200 Å². The molecule has 0 unspecified atom stereocenters. The molecule has 0 bridgehead atoms. The summed E-state index contributed by atoms with van der Waals surface area (Å²) in [6, 6.07) is 17.0. The first-order valence-electron chi connectivity index (χ1n) is 10.6. The van der Waals surface area contributed by atoms with Gasteiger partial charge < -0.3 is 5.11 Å². The summed E-state index contributed by atoms with van der Waals surface area (Å²) in [5, 5.41) is 15.8. The molecular formula is C27H21ClF2N2O2. The lowest BCUT2D eigenvalue weighted by atomic mass is 9.83. The van der Waals surface area contributed by atoms with Crippen LogP contribution in [0.1, 0.15) is 36.1 Å². The van der Waals surface area contributed by atoms with Gasteiger partial charge in [-0.25, -0.2) is 9.18 Å². The third kappa shape index (κ3) is 4.77. The summed E-state index contributed by atoms with van der Waals surface area (Å²) in [5.74, 6) is -2.14. The van der Waals surface area contributed by atoms with E-state index >= 15 is 4.39 Å². The standard InChI is InChI=1S/C27H21ClF2N2O2/c1-15(2)25(20-10-9-19(28)14-22(20)29)26(17-6-3-16(4-7-17)5-12-24(33)34)18-8-11-23-21(13-18)27(30)32-31-23/h3-15H,1-2H3,(H,31,32)(H,33,34)/b12-5+,26-25+. The summed E-state index contributed by atoms with van der Waals surface area (Å²) in [7, 11) is 0. The Balaban J connectivity index is 2.00. The quantitative estimate of drug-likeness (QED) is 0.227. The van der Waals surface area contributed by atoms with E-state index in [-0.39, 0.29) is 5.92 Å². The molecule has 0 saturated heterocycles. The first-order valence-corrected chi connectivity index (χ1v) is 11.0. The number of carboxylic acid groups (broad SMARTS) is 1. The Morgan fingerprint density at radius 3 is 2.38 bits per heavy atom. The molecule has 1 aromatic heterocycles. The number of hydrogen-bond acceptors (Lipinski definition) is 2. The van der Waals surface area contributed by atoms with Crippen LogP contribution in [0.25, 0.3) is 28.1 Å². The summed E-state index contributed by atoms with van der Waals surface area (Å²) in [6.45, 7) is 3.93. The average Bonchev–Trinajstić information content (AvgIpc) is 3.17. The van der Waals surface area contributed by atoms with Gasteiger partial charge in [-0.05, 0) is 64.1 Å². The topological polar surface area (TPSA) is 66.0 Å². The molecule has 1 heterocycles. The number of H-pyrrole nitrogens is 1. The summed E-state index contributed by atoms with van der Waals surface area (Å²) < 4.78 is 29.4. The third-order valence-electron chi connectivity index (χ3n) is 5.48. The summed E-state index contributed by atoms with van der Waals surface area (Å²) in [6.07, 6.45) is 2.55. The molecule has 0 saturated carbocycles. The molecule has 0 aliphatic carbocycles. The van der Waals surface area contributed by atoms with Crippen molar-refractivity contribution >= 4 is 45.7 Å². The molecule has 4 nitrogen and oxygen atoms in total. The number of allylic oxidation sites excluding steroid dienone is 1. The fourth-order valence-electron chi connectivity index (χ4n) is 3.98. The Morgan fingerprint density at radius 2 is 1.74 bits per heavy atom. The van der Waals surface area contributed by atoms with E-state index in [1.807, 2.05) is 32.0 Å². The number of nitrogens with one attached hydrogen (secondary N) is 1. The lowest BCUT2D eigenvalue weighted by Crippen LogP contribution is -2.03. The van der Waals surface area contributed by atoms with Crippen molar-refractivity contribution < 1.29 is 18.7 Å². The third-order valence-corrected chi connectivity index (χ3v) is 5.72. The molecule has 0 amide bonds. The number of nitrogens with zero attached hydrogens (tertiary/aromatic N) is 1. The number of carboxylic acids is 1. The number of aromatic nitrogens is 2. The zero-order valence-electron chi connectivity index (χ0n) is 18.4. The van der Waals surface area contributed by atoms with E-state index in [0.29, 0.717) is 32.6 Å². The average molecular weight is 479 g/mol. The number of halogens is 3. The van der Waals surface area contributed by atoms with Gasteiger partial charge in [0.25, 0.3) is 0 Å². The van der Waals surface area contributed by atoms with Crippen LogP contribution in [-0.2, 0) is 4.79 Å². The Morgan fingerprint density at radius 1 is 1.03 bits per heavy atom. The van der Waals surface area contributed by atoms with Crippen molar-refractivity contribution in [3.63, 3.8) is 0 Å². The van der Waals surface area contributed by atoms with Gasteiger partial charge in [0.15, 0.2) is 0 Å². The van der Waals surface area contributed by atoms with E-state index in [9.17, 15) is 9.18 Å². The van der Waals surface area contributed by atoms with Crippen LogP contribution in [0, 0.1) is 17.7 Å². The SMILES string of the molecule is CC(C)/C(=C(/c1ccc(/C=C/C(=O)O)cc1)c1ccc2n[nH]c(F)c2c1)c1ccc(Cl)cc1F. The minimum absolute atomic E-state index is 0.0952. The fourth-order valence-corrected chi connectivity index (χ4v) is 4.14. The lowest BCUT2D eigenvalue weighted by Gasteiger charge is -2.21. The van der Waals surface area contributed by atoms with E-state index in [0.717, 1.165) is 22.8 Å². The highest BCUT2D eigenvalue weighted by Gasteiger charge is 2.21. The Kier molecular flexibility index (Phi) is 6.61. The molecule has 0 aliphatic rings. The highest BCUT2D eigenvalue weighted by molar-refractivity contribution is 6.30. The second-order valence-electron chi connectivity index (χ2n) is 8.13. The van der Waals surface area contributed by atoms with E-state index in [4.69, 9.17) is 16.7 Å². The zero-order chi connectivity index (χ0) is 24.4. The molecule has 0 radical (unpaired) electrons. The number of carbonyl (C=O) groups is 1. The van der Waals surface area contributed by atoms with Gasteiger partial charge in [0.1, 0.15) is 5.82 Å². The second-order valence-corrected chi connectivity index (χ2v) is 8.57. The number of fused-ring (bicyclic) bond motifs is 1. The molecule has 0 aliphatic heterocycles. The lowest BCUT2D eigenvalue weighted by molar-refractivity contribution is -0.131. The van der Waals surface area contributed by atoms with Crippen molar-refractivity contribution in [3.05, 3.63) is 106 Å². The highest BCUT2D eigenvalue weighted by Crippen LogP contribution is 2.39. The van der Waals surface area contributed by atoms with Crippen LogP contribution in [0.5, 0.6) is 0 Å². The van der Waals surface area contributed by atoms with Gasteiger partial charge >= 0.3 is 5.97 Å². The van der Waals surface area contributed by atoms with Crippen molar-refractivity contribution in [2.45, 2.75) is 13.8 Å². The molecule has 172 valence electrons. The van der Waals surface area contributed by atoms with Crippen molar-refractivity contribution in [1.82, 2.24) is 10.2 Å². The number of hydrogen-bond donors (Lipinski definition) is 2. The molecule has 3 aromatic carbocycles. The van der Waals surface area contributed by atoms with Crippen LogP contribution in [0.2, 0.25) is 5.02 Å². The maximum absolute atomic E-state index is 15.1. The van der Waals surface area contributed by atoms with Gasteiger partial charge in [0.05, 0.1) is 10.9 Å². The Hall–Kier alpha value is -3.77. The predicted octanol–water partition coefficient (Wildman–Crippen LogP) is 7.21. The maximum Gasteiger partial charge on any atom is 0.328 e. The number of rotatable bonds is 6. The van der Waals surface area contributed by atoms with Gasteiger partial charge in [0.2, 0.25) is 5.95 Å². The largest absolute Gasteiger partial charge is 0.478 e. The van der Waals surface area contributed by atoms with Crippen LogP contribution < -0.4 is 0 Å². The van der Waals surface area contributed by atoms with Gasteiger partial charge in [-0.15, -0.1) is 0 Å². The van der Waals surface area contributed by atoms with Gasteiger partial charge in [-0.1, -0.05) is 61.8 Å².